The number of amides is 1. The second kappa shape index (κ2) is 7.23. The van der Waals surface area contributed by atoms with Crippen LogP contribution in [0, 0.1) is 0 Å². The maximum Gasteiger partial charge on any atom is 0.416 e. The standard InChI is InChI=1S/C15H14ClF3N2O3/c1-8(7-23-2)20-14(22)12-11(16)13(24-21-12)9-3-5-10(6-4-9)15(17,18)19/h3-6,8H,7H2,1-2H3,(H,20,22)/t8-/m0/s1. The fourth-order valence-corrected chi connectivity index (χ4v) is 2.26. The molecule has 0 aliphatic carbocycles. The molecule has 24 heavy (non-hydrogen) atoms. The normalized spacial score (nSPS) is 12.9. The quantitative estimate of drug-likeness (QED) is 0.879. The van der Waals surface area contributed by atoms with Gasteiger partial charge in [-0.25, -0.2) is 0 Å². The van der Waals surface area contributed by atoms with Crippen molar-refractivity contribution in [3.8, 4) is 11.3 Å². The summed E-state index contributed by atoms with van der Waals surface area (Å²) in [5, 5.41) is 6.13. The van der Waals surface area contributed by atoms with Crippen LogP contribution in [0.2, 0.25) is 5.02 Å². The lowest BCUT2D eigenvalue weighted by atomic mass is 10.1. The molecule has 0 radical (unpaired) electrons. The summed E-state index contributed by atoms with van der Waals surface area (Å²) in [6.07, 6.45) is -4.44. The predicted molar refractivity (Wildman–Crippen MR) is 80.8 cm³/mol. The number of carbonyl (C=O) groups is 1. The average molecular weight is 363 g/mol. The minimum Gasteiger partial charge on any atom is -0.383 e. The zero-order valence-corrected chi connectivity index (χ0v) is 13.5. The van der Waals surface area contributed by atoms with Crippen molar-refractivity contribution in [2.24, 2.45) is 0 Å². The van der Waals surface area contributed by atoms with Crippen molar-refractivity contribution < 1.29 is 27.2 Å². The second-order valence-electron chi connectivity index (χ2n) is 5.08. The van der Waals surface area contributed by atoms with Gasteiger partial charge in [-0.15, -0.1) is 0 Å². The van der Waals surface area contributed by atoms with Crippen LogP contribution in [-0.2, 0) is 10.9 Å². The number of alkyl halides is 3. The van der Waals surface area contributed by atoms with E-state index in [1.165, 1.54) is 19.2 Å². The highest BCUT2D eigenvalue weighted by molar-refractivity contribution is 6.35. The number of hydrogen-bond acceptors (Lipinski definition) is 4. The Bertz CT molecular complexity index is 714. The van der Waals surface area contributed by atoms with Gasteiger partial charge < -0.3 is 14.6 Å². The number of halogens is 4. The summed E-state index contributed by atoms with van der Waals surface area (Å²) in [6, 6.07) is 3.92. The minimum atomic E-state index is -4.44. The number of carbonyl (C=O) groups excluding carboxylic acids is 1. The van der Waals surface area contributed by atoms with Crippen LogP contribution in [-0.4, -0.2) is 30.8 Å². The van der Waals surface area contributed by atoms with E-state index in [0.29, 0.717) is 6.61 Å². The first-order valence-electron chi connectivity index (χ1n) is 6.86. The maximum absolute atomic E-state index is 12.6. The molecule has 0 aliphatic rings. The Morgan fingerprint density at radius 2 is 2.00 bits per heavy atom. The Morgan fingerprint density at radius 3 is 2.54 bits per heavy atom. The van der Waals surface area contributed by atoms with Gasteiger partial charge in [0.05, 0.1) is 12.2 Å². The smallest absolute Gasteiger partial charge is 0.383 e. The molecule has 130 valence electrons. The van der Waals surface area contributed by atoms with E-state index in [1.807, 2.05) is 0 Å². The van der Waals surface area contributed by atoms with Crippen molar-refractivity contribution in [1.82, 2.24) is 10.5 Å². The summed E-state index contributed by atoms with van der Waals surface area (Å²) in [5.74, 6) is -0.540. The predicted octanol–water partition coefficient (Wildman–Crippen LogP) is 3.78. The number of nitrogens with zero attached hydrogens (tertiary/aromatic N) is 1. The molecule has 0 bridgehead atoms. The van der Waals surface area contributed by atoms with E-state index in [1.54, 1.807) is 6.92 Å². The van der Waals surface area contributed by atoms with Crippen molar-refractivity contribution in [2.45, 2.75) is 19.1 Å². The minimum absolute atomic E-state index is 0.0231. The molecular formula is C15H14ClF3N2O3. The van der Waals surface area contributed by atoms with Crippen LogP contribution < -0.4 is 5.32 Å². The highest BCUT2D eigenvalue weighted by Crippen LogP contribution is 2.34. The second-order valence-corrected chi connectivity index (χ2v) is 5.46. The number of hydrogen-bond donors (Lipinski definition) is 1. The van der Waals surface area contributed by atoms with Crippen molar-refractivity contribution in [3.05, 3.63) is 40.5 Å². The molecule has 2 rings (SSSR count). The fraction of sp³-hybridized carbons (Fsp3) is 0.333. The maximum atomic E-state index is 12.6. The third-order valence-electron chi connectivity index (χ3n) is 3.12. The molecule has 1 N–H and O–H groups in total. The molecule has 0 unspecified atom stereocenters. The number of rotatable bonds is 5. The lowest BCUT2D eigenvalue weighted by Gasteiger charge is -2.11. The van der Waals surface area contributed by atoms with Gasteiger partial charge in [-0.1, -0.05) is 28.9 Å². The molecule has 2 aromatic rings. The van der Waals surface area contributed by atoms with Crippen molar-refractivity contribution >= 4 is 17.5 Å². The van der Waals surface area contributed by atoms with Gasteiger partial charge in [0.25, 0.3) is 5.91 Å². The summed E-state index contributed by atoms with van der Waals surface area (Å²) in [7, 11) is 1.49. The molecule has 0 aliphatic heterocycles. The molecule has 0 spiro atoms. The number of ether oxygens (including phenoxy) is 1. The molecule has 1 heterocycles. The largest absolute Gasteiger partial charge is 0.416 e. The van der Waals surface area contributed by atoms with E-state index in [9.17, 15) is 18.0 Å². The summed E-state index contributed by atoms with van der Waals surface area (Å²) in [5.41, 5.74) is -0.660. The highest BCUT2D eigenvalue weighted by Gasteiger charge is 2.30. The molecule has 1 aromatic carbocycles. The van der Waals surface area contributed by atoms with Crippen LogP contribution >= 0.6 is 11.6 Å². The molecule has 0 fully saturated rings. The van der Waals surface area contributed by atoms with E-state index in [4.69, 9.17) is 20.9 Å². The monoisotopic (exact) mass is 362 g/mol. The molecule has 0 saturated heterocycles. The van der Waals surface area contributed by atoms with Gasteiger partial charge in [0.2, 0.25) is 0 Å². The van der Waals surface area contributed by atoms with Crippen LogP contribution in [0.15, 0.2) is 28.8 Å². The lowest BCUT2D eigenvalue weighted by Crippen LogP contribution is -2.35. The Kier molecular flexibility index (Phi) is 5.51. The summed E-state index contributed by atoms with van der Waals surface area (Å²) in [6.45, 7) is 2.03. The van der Waals surface area contributed by atoms with Crippen molar-refractivity contribution in [3.63, 3.8) is 0 Å². The topological polar surface area (TPSA) is 64.4 Å². The third kappa shape index (κ3) is 4.07. The highest BCUT2D eigenvalue weighted by atomic mass is 35.5. The van der Waals surface area contributed by atoms with Crippen LogP contribution in [0.4, 0.5) is 13.2 Å². The van der Waals surface area contributed by atoms with Crippen LogP contribution in [0.1, 0.15) is 23.0 Å². The van der Waals surface area contributed by atoms with Gasteiger partial charge in [0.15, 0.2) is 11.5 Å². The van der Waals surface area contributed by atoms with E-state index >= 15 is 0 Å². The van der Waals surface area contributed by atoms with Gasteiger partial charge in [-0.3, -0.25) is 4.79 Å². The summed E-state index contributed by atoms with van der Waals surface area (Å²) in [4.78, 5) is 12.1. The molecule has 1 amide bonds. The molecular weight excluding hydrogens is 349 g/mol. The zero-order chi connectivity index (χ0) is 17.9. The molecule has 1 atom stereocenters. The molecule has 5 nitrogen and oxygen atoms in total. The van der Waals surface area contributed by atoms with Gasteiger partial charge in [0, 0.05) is 18.7 Å². The van der Waals surface area contributed by atoms with E-state index in [-0.39, 0.29) is 28.1 Å². The number of aromatic nitrogens is 1. The van der Waals surface area contributed by atoms with E-state index in [2.05, 4.69) is 10.5 Å². The Morgan fingerprint density at radius 1 is 1.38 bits per heavy atom. The molecule has 1 aromatic heterocycles. The van der Waals surface area contributed by atoms with Crippen molar-refractivity contribution in [1.29, 1.82) is 0 Å². The fourth-order valence-electron chi connectivity index (χ4n) is 1.99. The van der Waals surface area contributed by atoms with Gasteiger partial charge in [-0.2, -0.15) is 13.2 Å². The van der Waals surface area contributed by atoms with Crippen LogP contribution in [0.3, 0.4) is 0 Å². The summed E-state index contributed by atoms with van der Waals surface area (Å²) >= 11 is 6.07. The first kappa shape index (κ1) is 18.3. The Labute approximate surface area is 140 Å². The summed E-state index contributed by atoms with van der Waals surface area (Å²) < 4.78 is 47.6. The molecule has 9 heteroatoms. The first-order valence-corrected chi connectivity index (χ1v) is 7.24. The van der Waals surface area contributed by atoms with Crippen LogP contribution in [0.5, 0.6) is 0 Å². The number of nitrogens with one attached hydrogen (secondary N) is 1. The van der Waals surface area contributed by atoms with E-state index in [0.717, 1.165) is 12.1 Å². The zero-order valence-electron chi connectivity index (χ0n) is 12.8. The first-order chi connectivity index (χ1) is 11.2. The lowest BCUT2D eigenvalue weighted by molar-refractivity contribution is -0.137. The van der Waals surface area contributed by atoms with Crippen molar-refractivity contribution in [2.75, 3.05) is 13.7 Å². The van der Waals surface area contributed by atoms with Gasteiger partial charge in [0.1, 0.15) is 5.02 Å². The average Bonchev–Trinajstić information content (AvgIpc) is 2.88. The van der Waals surface area contributed by atoms with Gasteiger partial charge >= 0.3 is 6.18 Å². The van der Waals surface area contributed by atoms with Gasteiger partial charge in [-0.05, 0) is 19.1 Å². The van der Waals surface area contributed by atoms with Crippen LogP contribution in [0.25, 0.3) is 11.3 Å². The SMILES string of the molecule is COC[C@H](C)NC(=O)c1noc(-c2ccc(C(F)(F)F)cc2)c1Cl. The number of methoxy groups -OCH3 is 1. The molecule has 0 saturated carbocycles. The number of benzene rings is 1. The van der Waals surface area contributed by atoms with E-state index < -0.39 is 17.6 Å². The Balaban J connectivity index is 2.22. The Hall–Kier alpha value is -2.06. The third-order valence-corrected chi connectivity index (χ3v) is 3.47.